The molecule has 9 heteroatoms. The van der Waals surface area contributed by atoms with Crippen molar-refractivity contribution in [3.05, 3.63) is 134 Å². The van der Waals surface area contributed by atoms with Gasteiger partial charge < -0.3 is 28.5 Å². The van der Waals surface area contributed by atoms with E-state index >= 15 is 0 Å². The zero-order valence-corrected chi connectivity index (χ0v) is 44.6. The number of carboxylic acids is 1. The minimum Gasteiger partial charge on any atom is -0.477 e. The molecule has 0 heterocycles. The number of ether oxygens (including phenoxy) is 4. The van der Waals surface area contributed by atoms with Crippen LogP contribution >= 0.6 is 0 Å². The largest absolute Gasteiger partial charge is 0.477 e. The van der Waals surface area contributed by atoms with Crippen LogP contribution in [0.3, 0.4) is 0 Å². The third kappa shape index (κ3) is 51.3. The molecule has 0 spiro atoms. The average Bonchev–Trinajstić information content (AvgIpc) is 3.33. The Hall–Kier alpha value is -4.57. The number of unbranched alkanes of at least 4 members (excludes halogenated alkanes) is 10. The molecular weight excluding hydrogens is 875 g/mol. The molecule has 0 aliphatic rings. The first-order valence-corrected chi connectivity index (χ1v) is 26.8. The van der Waals surface area contributed by atoms with E-state index in [4.69, 9.17) is 18.9 Å². The molecule has 0 aliphatic heterocycles. The fourth-order valence-corrected chi connectivity index (χ4v) is 6.54. The molecule has 0 radical (unpaired) electrons. The van der Waals surface area contributed by atoms with E-state index in [1.54, 1.807) is 0 Å². The Labute approximate surface area is 427 Å². The summed E-state index contributed by atoms with van der Waals surface area (Å²) in [4.78, 5) is 37.1. The molecule has 2 unspecified atom stereocenters. The first-order chi connectivity index (χ1) is 34.1. The molecule has 9 nitrogen and oxygen atoms in total. The molecule has 0 aliphatic carbocycles. The van der Waals surface area contributed by atoms with Gasteiger partial charge in [-0.3, -0.25) is 9.59 Å². The van der Waals surface area contributed by atoms with Crippen LogP contribution in [0, 0.1) is 0 Å². The molecular formula is C61H98NO8+. The highest BCUT2D eigenvalue weighted by Crippen LogP contribution is 2.12. The van der Waals surface area contributed by atoms with Crippen molar-refractivity contribution in [1.29, 1.82) is 0 Å². The number of likely N-dealkylation sites (N-methyl/N-ethyl adjacent to an activating group) is 1. The van der Waals surface area contributed by atoms with Crippen molar-refractivity contribution in [3.63, 3.8) is 0 Å². The Morgan fingerprint density at radius 2 is 0.814 bits per heavy atom. The van der Waals surface area contributed by atoms with Gasteiger partial charge in [-0.2, -0.15) is 0 Å². The summed E-state index contributed by atoms with van der Waals surface area (Å²) in [5, 5.41) is 9.63. The molecule has 0 bridgehead atoms. The highest BCUT2D eigenvalue weighted by atomic mass is 16.7. The molecule has 70 heavy (non-hydrogen) atoms. The summed E-state index contributed by atoms with van der Waals surface area (Å²) in [6.45, 7) is 4.65. The summed E-state index contributed by atoms with van der Waals surface area (Å²) in [5.41, 5.74) is 0. The van der Waals surface area contributed by atoms with Crippen molar-refractivity contribution < 1.29 is 42.9 Å². The molecule has 394 valence electrons. The second kappa shape index (κ2) is 50.8. The Bertz CT molecular complexity index is 1600. The van der Waals surface area contributed by atoms with E-state index in [1.165, 1.54) is 32.1 Å². The van der Waals surface area contributed by atoms with E-state index in [0.29, 0.717) is 17.4 Å². The normalized spacial score (nSPS) is 13.9. The number of carboxylic acid groups (broad SMARTS) is 1. The Morgan fingerprint density at radius 1 is 0.443 bits per heavy atom. The lowest BCUT2D eigenvalue weighted by Crippen LogP contribution is -2.40. The number of hydrogen-bond acceptors (Lipinski definition) is 7. The van der Waals surface area contributed by atoms with E-state index in [1.807, 2.05) is 21.1 Å². The molecule has 0 saturated carbocycles. The SMILES string of the molecule is CC/C=C\C/C=C\C/C=C\C/C=C\C/C=C\C/C=C\C/C=C\C/C=C\C/C=C\C/C=C\C/C=C\CCCCCC(=O)OC(COC(=O)CCCCCCCCCC)COC(OCC[N+](C)(C)C)C(=O)O. The van der Waals surface area contributed by atoms with Crippen molar-refractivity contribution in [2.45, 2.75) is 187 Å². The van der Waals surface area contributed by atoms with Crippen LogP contribution in [-0.2, 0) is 33.3 Å². The number of allylic oxidation sites excluding steroid dienone is 22. The Morgan fingerprint density at radius 3 is 1.21 bits per heavy atom. The molecule has 1 N–H and O–H groups in total. The van der Waals surface area contributed by atoms with Gasteiger partial charge in [0.2, 0.25) is 0 Å². The Kier molecular flexibility index (Phi) is 47.5. The predicted molar refractivity (Wildman–Crippen MR) is 294 cm³/mol. The maximum absolute atomic E-state index is 12.8. The molecule has 0 rings (SSSR count). The van der Waals surface area contributed by atoms with Crippen LogP contribution in [0.5, 0.6) is 0 Å². The highest BCUT2D eigenvalue weighted by Gasteiger charge is 2.25. The maximum atomic E-state index is 12.8. The number of rotatable bonds is 47. The van der Waals surface area contributed by atoms with E-state index in [2.05, 4.69) is 148 Å². The van der Waals surface area contributed by atoms with Gasteiger partial charge >= 0.3 is 17.9 Å². The zero-order valence-electron chi connectivity index (χ0n) is 44.6. The van der Waals surface area contributed by atoms with Crippen LogP contribution in [0.15, 0.2) is 134 Å². The highest BCUT2D eigenvalue weighted by molar-refractivity contribution is 5.71. The van der Waals surface area contributed by atoms with Gasteiger partial charge in [0.25, 0.3) is 6.29 Å². The first kappa shape index (κ1) is 65.4. The summed E-state index contributed by atoms with van der Waals surface area (Å²) in [6, 6.07) is 0. The topological polar surface area (TPSA) is 108 Å². The van der Waals surface area contributed by atoms with Gasteiger partial charge in [0.1, 0.15) is 13.2 Å². The molecule has 0 saturated heterocycles. The Balaban J connectivity index is 4.24. The van der Waals surface area contributed by atoms with Gasteiger partial charge in [-0.25, -0.2) is 4.79 Å². The second-order valence-corrected chi connectivity index (χ2v) is 18.5. The standard InChI is InChI=1S/C61H97NO8/c1-6-8-10-12-14-16-17-18-19-20-21-22-23-24-25-26-27-28-29-30-31-32-33-34-35-36-37-38-39-40-41-42-43-44-46-48-50-52-59(64)70-57(56-69-61(60(65)66)67-54-53-62(3,4)5)55-68-58(63)51-49-47-45-15-13-11-9-7-2/h8,10,14,16,18-19,21-22,24-25,27-28,30-31,33-34,36-37,39-40,42-43,57,61H,6-7,9,11-13,15,17,20,23,26,29,32,35,38,41,44-56H2,1-5H3/p+1/b10-8-,16-14-,19-18-,22-21-,25-24-,28-27-,31-30-,34-33-,37-36-,40-39-,43-42-. The van der Waals surface area contributed by atoms with Crippen LogP contribution in [0.1, 0.15) is 174 Å². The van der Waals surface area contributed by atoms with Crippen LogP contribution in [0.4, 0.5) is 0 Å². The van der Waals surface area contributed by atoms with Crippen LogP contribution in [0.25, 0.3) is 0 Å². The quantitative estimate of drug-likeness (QED) is 0.0211. The van der Waals surface area contributed by atoms with Crippen molar-refractivity contribution in [2.24, 2.45) is 0 Å². The minimum atomic E-state index is -1.52. The van der Waals surface area contributed by atoms with Gasteiger partial charge in [-0.05, 0) is 96.3 Å². The summed E-state index contributed by atoms with van der Waals surface area (Å²) in [6.07, 6.45) is 69.8. The van der Waals surface area contributed by atoms with Crippen molar-refractivity contribution in [3.8, 4) is 0 Å². The monoisotopic (exact) mass is 973 g/mol. The molecule has 2 atom stereocenters. The number of quaternary nitrogens is 1. The number of esters is 2. The fraction of sp³-hybridized carbons (Fsp3) is 0.590. The zero-order chi connectivity index (χ0) is 51.3. The van der Waals surface area contributed by atoms with Crippen LogP contribution < -0.4 is 0 Å². The van der Waals surface area contributed by atoms with Gasteiger partial charge in [0.15, 0.2) is 6.10 Å². The van der Waals surface area contributed by atoms with Gasteiger partial charge in [-0.1, -0.05) is 199 Å². The molecule has 0 aromatic heterocycles. The number of nitrogens with zero attached hydrogens (tertiary/aromatic N) is 1. The number of hydrogen-bond donors (Lipinski definition) is 1. The average molecular weight is 973 g/mol. The predicted octanol–water partition coefficient (Wildman–Crippen LogP) is 15.5. The summed E-state index contributed by atoms with van der Waals surface area (Å²) < 4.78 is 22.6. The van der Waals surface area contributed by atoms with Crippen LogP contribution in [0.2, 0.25) is 0 Å². The molecule has 0 aromatic rings. The van der Waals surface area contributed by atoms with Crippen LogP contribution in [-0.4, -0.2) is 87.4 Å². The molecule has 0 aromatic carbocycles. The van der Waals surface area contributed by atoms with E-state index in [9.17, 15) is 19.5 Å². The fourth-order valence-electron chi connectivity index (χ4n) is 6.54. The summed E-state index contributed by atoms with van der Waals surface area (Å²) in [7, 11) is 5.93. The smallest absolute Gasteiger partial charge is 0.361 e. The van der Waals surface area contributed by atoms with Crippen molar-refractivity contribution in [2.75, 3.05) is 47.5 Å². The summed E-state index contributed by atoms with van der Waals surface area (Å²) >= 11 is 0. The van der Waals surface area contributed by atoms with Gasteiger partial charge in [0.05, 0.1) is 34.4 Å². The number of carbonyl (C=O) groups is 3. The lowest BCUT2D eigenvalue weighted by molar-refractivity contribution is -0.870. The maximum Gasteiger partial charge on any atom is 0.361 e. The van der Waals surface area contributed by atoms with E-state index in [-0.39, 0.29) is 38.6 Å². The number of aliphatic carboxylic acids is 1. The minimum absolute atomic E-state index is 0.174. The van der Waals surface area contributed by atoms with Crippen molar-refractivity contribution >= 4 is 17.9 Å². The summed E-state index contributed by atoms with van der Waals surface area (Å²) in [5.74, 6) is -2.08. The second-order valence-electron chi connectivity index (χ2n) is 18.5. The third-order valence-electron chi connectivity index (χ3n) is 10.7. The lowest BCUT2D eigenvalue weighted by Gasteiger charge is -2.25. The van der Waals surface area contributed by atoms with Crippen molar-refractivity contribution in [1.82, 2.24) is 0 Å². The third-order valence-corrected chi connectivity index (χ3v) is 10.7. The molecule has 0 amide bonds. The van der Waals surface area contributed by atoms with E-state index < -0.39 is 24.3 Å². The lowest BCUT2D eigenvalue weighted by atomic mass is 10.1. The van der Waals surface area contributed by atoms with Gasteiger partial charge in [0, 0.05) is 12.8 Å². The molecule has 0 fully saturated rings. The first-order valence-electron chi connectivity index (χ1n) is 26.8. The van der Waals surface area contributed by atoms with E-state index in [0.717, 1.165) is 109 Å². The number of carbonyl (C=O) groups excluding carboxylic acids is 2. The van der Waals surface area contributed by atoms with Gasteiger partial charge in [-0.15, -0.1) is 0 Å².